The number of carbonyl (C=O) groups excluding carboxylic acids is 1. The highest BCUT2D eigenvalue weighted by Crippen LogP contribution is 2.17. The fourth-order valence-corrected chi connectivity index (χ4v) is 2.47. The molecular weight excluding hydrogens is 307 g/mol. The lowest BCUT2D eigenvalue weighted by molar-refractivity contribution is 0.0999. The highest BCUT2D eigenvalue weighted by molar-refractivity contribution is 5.94. The Morgan fingerprint density at radius 1 is 1.21 bits per heavy atom. The van der Waals surface area contributed by atoms with E-state index >= 15 is 0 Å². The smallest absolute Gasteiger partial charge is 0.248 e. The topological polar surface area (TPSA) is 84.7 Å². The molecule has 1 heterocycles. The Hall–Kier alpha value is -3.02. The monoisotopic (exact) mass is 323 g/mol. The Morgan fingerprint density at radius 2 is 2.04 bits per heavy atom. The Morgan fingerprint density at radius 3 is 2.83 bits per heavy atom. The third-order valence-electron chi connectivity index (χ3n) is 3.62. The first-order valence-corrected chi connectivity index (χ1v) is 7.53. The third-order valence-corrected chi connectivity index (χ3v) is 3.62. The van der Waals surface area contributed by atoms with Crippen LogP contribution < -0.4 is 5.73 Å². The van der Waals surface area contributed by atoms with E-state index < -0.39 is 5.91 Å². The van der Waals surface area contributed by atoms with Crippen molar-refractivity contribution in [2.24, 2.45) is 5.73 Å². The number of aromatic nitrogens is 3. The van der Waals surface area contributed by atoms with E-state index in [0.29, 0.717) is 35.6 Å². The minimum Gasteiger partial charge on any atom is -0.366 e. The molecule has 3 N–H and O–H groups in total. The van der Waals surface area contributed by atoms with Crippen molar-refractivity contribution in [3.8, 4) is 11.4 Å². The van der Waals surface area contributed by atoms with Gasteiger partial charge in [0.2, 0.25) is 5.91 Å². The Kier molecular flexibility index (Phi) is 4.65. The van der Waals surface area contributed by atoms with Gasteiger partial charge in [-0.05, 0) is 36.6 Å². The zero-order valence-electron chi connectivity index (χ0n) is 12.9. The van der Waals surface area contributed by atoms with Gasteiger partial charge in [-0.15, -0.1) is 0 Å². The molecular formula is C18H16FN4O. The van der Waals surface area contributed by atoms with Crippen molar-refractivity contribution < 1.29 is 9.18 Å². The number of benzene rings is 2. The predicted molar refractivity (Wildman–Crippen MR) is 88.5 cm³/mol. The molecule has 0 atom stereocenters. The number of aromatic amines is 1. The fourth-order valence-electron chi connectivity index (χ4n) is 2.47. The second-order valence-corrected chi connectivity index (χ2v) is 5.32. The number of rotatable bonds is 6. The van der Waals surface area contributed by atoms with Crippen molar-refractivity contribution >= 4 is 5.91 Å². The number of primary amides is 1. The van der Waals surface area contributed by atoms with Gasteiger partial charge in [-0.3, -0.25) is 9.89 Å². The third kappa shape index (κ3) is 3.65. The number of nitrogens with one attached hydrogen (secondary N) is 1. The van der Waals surface area contributed by atoms with Crippen molar-refractivity contribution in [3.05, 3.63) is 77.7 Å². The first-order chi connectivity index (χ1) is 11.6. The summed E-state index contributed by atoms with van der Waals surface area (Å²) in [6, 6.07) is 13.4. The second kappa shape index (κ2) is 7.04. The highest BCUT2D eigenvalue weighted by atomic mass is 19.1. The minimum atomic E-state index is -0.432. The van der Waals surface area contributed by atoms with Gasteiger partial charge in [0.25, 0.3) is 0 Å². The molecule has 24 heavy (non-hydrogen) atoms. The molecule has 0 saturated heterocycles. The van der Waals surface area contributed by atoms with Gasteiger partial charge in [0.15, 0.2) is 5.82 Å². The van der Waals surface area contributed by atoms with E-state index in [-0.39, 0.29) is 5.82 Å². The summed E-state index contributed by atoms with van der Waals surface area (Å²) < 4.78 is 13.2. The van der Waals surface area contributed by atoms with Crippen LogP contribution >= 0.6 is 0 Å². The molecule has 1 aromatic heterocycles. The number of hydrogen-bond donors (Lipinski definition) is 2. The Bertz CT molecular complexity index is 859. The van der Waals surface area contributed by atoms with Gasteiger partial charge in [0.1, 0.15) is 11.6 Å². The molecule has 121 valence electrons. The summed E-state index contributed by atoms with van der Waals surface area (Å²) in [5.74, 6) is 0.286. The lowest BCUT2D eigenvalue weighted by atomic mass is 10.0. The van der Waals surface area contributed by atoms with Gasteiger partial charge < -0.3 is 5.73 Å². The summed E-state index contributed by atoms with van der Waals surface area (Å²) in [5.41, 5.74) is 7.41. The molecule has 6 heteroatoms. The SMILES string of the molecule is NC(=O)c1ccccc1CC[CH]c1nc(-c2cccc(F)c2)n[nH]1. The summed E-state index contributed by atoms with van der Waals surface area (Å²) >= 11 is 0. The summed E-state index contributed by atoms with van der Waals surface area (Å²) in [5, 5.41) is 6.91. The summed E-state index contributed by atoms with van der Waals surface area (Å²) in [7, 11) is 0. The molecule has 1 amide bonds. The van der Waals surface area contributed by atoms with E-state index in [4.69, 9.17) is 5.73 Å². The normalized spacial score (nSPS) is 10.7. The van der Waals surface area contributed by atoms with Crippen LogP contribution in [0.25, 0.3) is 11.4 Å². The van der Waals surface area contributed by atoms with Crippen molar-refractivity contribution in [2.45, 2.75) is 12.8 Å². The number of nitrogens with two attached hydrogens (primary N) is 1. The standard InChI is InChI=1S/C18H16FN4O/c19-14-8-3-7-13(11-14)18-21-16(22-23-18)10-4-6-12-5-1-2-9-15(12)17(20)24/h1-3,5,7-11H,4,6H2,(H2,20,24)(H,21,22,23). The van der Waals surface area contributed by atoms with Crippen LogP contribution in [-0.2, 0) is 6.42 Å². The van der Waals surface area contributed by atoms with E-state index in [0.717, 1.165) is 5.56 Å². The quantitative estimate of drug-likeness (QED) is 0.731. The van der Waals surface area contributed by atoms with Crippen LogP contribution in [0.1, 0.15) is 28.2 Å². The first-order valence-electron chi connectivity index (χ1n) is 7.53. The van der Waals surface area contributed by atoms with Crippen LogP contribution in [0.2, 0.25) is 0 Å². The van der Waals surface area contributed by atoms with Crippen LogP contribution in [0.15, 0.2) is 48.5 Å². The molecule has 3 rings (SSSR count). The summed E-state index contributed by atoms with van der Waals surface area (Å²) in [6.07, 6.45) is 3.21. The lowest BCUT2D eigenvalue weighted by Crippen LogP contribution is -2.13. The summed E-state index contributed by atoms with van der Waals surface area (Å²) in [6.45, 7) is 0. The van der Waals surface area contributed by atoms with E-state index in [1.807, 2.05) is 18.6 Å². The number of nitrogens with zero attached hydrogens (tertiary/aromatic N) is 2. The van der Waals surface area contributed by atoms with Crippen molar-refractivity contribution in [2.75, 3.05) is 0 Å². The first kappa shape index (κ1) is 15.9. The molecule has 3 aromatic rings. The fraction of sp³-hybridized carbons (Fsp3) is 0.111. The van der Waals surface area contributed by atoms with Gasteiger partial charge in [-0.2, -0.15) is 5.10 Å². The number of amides is 1. The van der Waals surface area contributed by atoms with Gasteiger partial charge in [0, 0.05) is 17.5 Å². The predicted octanol–water partition coefficient (Wildman–Crippen LogP) is 2.89. The molecule has 0 bridgehead atoms. The number of carbonyl (C=O) groups is 1. The molecule has 0 saturated carbocycles. The molecule has 0 unspecified atom stereocenters. The number of H-pyrrole nitrogens is 1. The molecule has 0 aliphatic carbocycles. The van der Waals surface area contributed by atoms with E-state index in [1.165, 1.54) is 12.1 Å². The molecule has 0 spiro atoms. The maximum Gasteiger partial charge on any atom is 0.248 e. The van der Waals surface area contributed by atoms with Gasteiger partial charge in [-0.1, -0.05) is 30.3 Å². The van der Waals surface area contributed by atoms with Crippen LogP contribution in [0.3, 0.4) is 0 Å². The Labute approximate surface area is 138 Å². The van der Waals surface area contributed by atoms with E-state index in [9.17, 15) is 9.18 Å². The number of halogens is 1. The van der Waals surface area contributed by atoms with Gasteiger partial charge >= 0.3 is 0 Å². The lowest BCUT2D eigenvalue weighted by Gasteiger charge is -2.05. The second-order valence-electron chi connectivity index (χ2n) is 5.32. The molecule has 1 radical (unpaired) electrons. The molecule has 0 fully saturated rings. The number of hydrogen-bond acceptors (Lipinski definition) is 3. The minimum absolute atomic E-state index is 0.328. The van der Waals surface area contributed by atoms with E-state index in [1.54, 1.807) is 24.3 Å². The van der Waals surface area contributed by atoms with Crippen LogP contribution in [0, 0.1) is 12.2 Å². The molecule has 2 aromatic carbocycles. The largest absolute Gasteiger partial charge is 0.366 e. The molecule has 0 aliphatic heterocycles. The zero-order valence-corrected chi connectivity index (χ0v) is 12.9. The zero-order chi connectivity index (χ0) is 16.9. The average molecular weight is 323 g/mol. The average Bonchev–Trinajstić information content (AvgIpc) is 3.04. The van der Waals surface area contributed by atoms with Crippen molar-refractivity contribution in [3.63, 3.8) is 0 Å². The molecule has 5 nitrogen and oxygen atoms in total. The van der Waals surface area contributed by atoms with Crippen molar-refractivity contribution in [1.29, 1.82) is 0 Å². The van der Waals surface area contributed by atoms with E-state index in [2.05, 4.69) is 15.2 Å². The molecule has 0 aliphatic rings. The Balaban J connectivity index is 1.63. The van der Waals surface area contributed by atoms with Gasteiger partial charge in [0.05, 0.1) is 0 Å². The highest BCUT2D eigenvalue weighted by Gasteiger charge is 2.09. The summed E-state index contributed by atoms with van der Waals surface area (Å²) in [4.78, 5) is 15.7. The maximum atomic E-state index is 13.2. The maximum absolute atomic E-state index is 13.2. The van der Waals surface area contributed by atoms with Crippen LogP contribution in [-0.4, -0.2) is 21.1 Å². The van der Waals surface area contributed by atoms with Crippen LogP contribution in [0.4, 0.5) is 4.39 Å². The number of aryl methyl sites for hydroxylation is 1. The van der Waals surface area contributed by atoms with Gasteiger partial charge in [-0.25, -0.2) is 9.37 Å². The van der Waals surface area contributed by atoms with Crippen LogP contribution in [0.5, 0.6) is 0 Å². The van der Waals surface area contributed by atoms with Crippen molar-refractivity contribution in [1.82, 2.24) is 15.2 Å².